The van der Waals surface area contributed by atoms with Crippen LogP contribution in [0, 0.1) is 18.3 Å². The number of hydrogen-bond donors (Lipinski definition) is 2. The second-order valence-corrected chi connectivity index (χ2v) is 6.67. The van der Waals surface area contributed by atoms with Gasteiger partial charge in [-0.25, -0.2) is 0 Å². The number of phenols is 1. The monoisotopic (exact) mass is 275 g/mol. The molecule has 0 amide bonds. The molecule has 1 aromatic rings. The summed E-state index contributed by atoms with van der Waals surface area (Å²) in [6.07, 6.45) is 4.99. The minimum Gasteiger partial charge on any atom is -0.504 e. The van der Waals surface area contributed by atoms with Crippen molar-refractivity contribution < 1.29 is 9.84 Å². The summed E-state index contributed by atoms with van der Waals surface area (Å²) in [6.45, 7) is 6.58. The van der Waals surface area contributed by atoms with Crippen LogP contribution in [0.5, 0.6) is 11.5 Å². The van der Waals surface area contributed by atoms with Gasteiger partial charge in [0.15, 0.2) is 11.5 Å². The molecule has 3 atom stereocenters. The van der Waals surface area contributed by atoms with E-state index in [2.05, 4.69) is 12.2 Å². The lowest BCUT2D eigenvalue weighted by Gasteiger charge is -2.50. The molecule has 3 rings (SSSR count). The van der Waals surface area contributed by atoms with E-state index in [4.69, 9.17) is 4.74 Å². The average Bonchev–Trinajstić information content (AvgIpc) is 2.43. The van der Waals surface area contributed by atoms with Crippen molar-refractivity contribution in [2.75, 3.05) is 13.1 Å². The molecular weight excluding hydrogens is 250 g/mol. The van der Waals surface area contributed by atoms with Gasteiger partial charge in [0.2, 0.25) is 0 Å². The molecule has 0 spiro atoms. The Kier molecular flexibility index (Phi) is 3.63. The average molecular weight is 275 g/mol. The van der Waals surface area contributed by atoms with E-state index in [9.17, 15) is 5.11 Å². The predicted octanol–water partition coefficient (Wildman–Crippen LogP) is 3.25. The summed E-state index contributed by atoms with van der Waals surface area (Å²) >= 11 is 0. The lowest BCUT2D eigenvalue weighted by atomic mass is 9.62. The van der Waals surface area contributed by atoms with Gasteiger partial charge in [-0.2, -0.15) is 0 Å². The molecule has 2 N–H and O–H groups in total. The third-order valence-corrected chi connectivity index (χ3v) is 5.30. The summed E-state index contributed by atoms with van der Waals surface area (Å²) in [5.74, 6) is 1.60. The van der Waals surface area contributed by atoms with Crippen molar-refractivity contribution in [3.63, 3.8) is 0 Å². The quantitative estimate of drug-likeness (QED) is 0.870. The minimum absolute atomic E-state index is 0.219. The Hall–Kier alpha value is -1.22. The Balaban J connectivity index is 1.83. The van der Waals surface area contributed by atoms with Crippen LogP contribution in [0.4, 0.5) is 0 Å². The number of piperidine rings is 1. The Morgan fingerprint density at radius 2 is 2.20 bits per heavy atom. The lowest BCUT2D eigenvalue weighted by molar-refractivity contribution is -0.0445. The first-order chi connectivity index (χ1) is 9.59. The van der Waals surface area contributed by atoms with Crippen LogP contribution in [0.3, 0.4) is 0 Å². The minimum atomic E-state index is 0.219. The number of phenolic OH excluding ortho intramolecular Hbond substituents is 1. The molecule has 0 bridgehead atoms. The van der Waals surface area contributed by atoms with Gasteiger partial charge in [0.1, 0.15) is 6.10 Å². The molecule has 1 saturated carbocycles. The van der Waals surface area contributed by atoms with Crippen LogP contribution in [0.1, 0.15) is 38.2 Å². The first-order valence-electron chi connectivity index (χ1n) is 7.76. The summed E-state index contributed by atoms with van der Waals surface area (Å²) in [4.78, 5) is 0. The highest BCUT2D eigenvalue weighted by Gasteiger charge is 2.46. The van der Waals surface area contributed by atoms with Crippen LogP contribution in [-0.4, -0.2) is 24.3 Å². The SMILES string of the molecule is Cc1ccc(O)c(O[C@H]2CCC[C@H]3CNCC[C@@]32C)c1. The third kappa shape index (κ3) is 2.39. The van der Waals surface area contributed by atoms with Crippen LogP contribution < -0.4 is 10.1 Å². The molecule has 110 valence electrons. The predicted molar refractivity (Wildman–Crippen MR) is 80.2 cm³/mol. The summed E-state index contributed by atoms with van der Waals surface area (Å²) in [6, 6.07) is 5.59. The number of hydrogen-bond acceptors (Lipinski definition) is 3. The van der Waals surface area contributed by atoms with E-state index in [-0.39, 0.29) is 17.3 Å². The van der Waals surface area contributed by atoms with Crippen LogP contribution in [0.25, 0.3) is 0 Å². The molecule has 0 aromatic heterocycles. The van der Waals surface area contributed by atoms with E-state index in [1.807, 2.05) is 19.1 Å². The molecule has 1 heterocycles. The molecule has 20 heavy (non-hydrogen) atoms. The van der Waals surface area contributed by atoms with Gasteiger partial charge in [-0.1, -0.05) is 13.0 Å². The molecule has 3 heteroatoms. The number of nitrogens with one attached hydrogen (secondary N) is 1. The number of aryl methyl sites for hydroxylation is 1. The molecule has 2 aliphatic rings. The zero-order chi connectivity index (χ0) is 14.2. The summed E-state index contributed by atoms with van der Waals surface area (Å²) in [5.41, 5.74) is 1.36. The molecule has 0 radical (unpaired) electrons. The summed E-state index contributed by atoms with van der Waals surface area (Å²) in [7, 11) is 0. The van der Waals surface area contributed by atoms with Gasteiger partial charge in [-0.15, -0.1) is 0 Å². The van der Waals surface area contributed by atoms with Crippen molar-refractivity contribution in [1.29, 1.82) is 0 Å². The third-order valence-electron chi connectivity index (χ3n) is 5.30. The largest absolute Gasteiger partial charge is 0.504 e. The standard InChI is InChI=1S/C17H25NO2/c1-12-6-7-14(19)15(10-12)20-16-5-3-4-13-11-18-9-8-17(13,16)2/h6-7,10,13,16,18-19H,3-5,8-9,11H2,1-2H3/t13-,16-,17-/m0/s1. The van der Waals surface area contributed by atoms with Gasteiger partial charge < -0.3 is 15.2 Å². The summed E-state index contributed by atoms with van der Waals surface area (Å²) < 4.78 is 6.26. The van der Waals surface area contributed by atoms with Crippen LogP contribution >= 0.6 is 0 Å². The van der Waals surface area contributed by atoms with E-state index < -0.39 is 0 Å². The van der Waals surface area contributed by atoms with Crippen molar-refractivity contribution >= 4 is 0 Å². The molecule has 2 fully saturated rings. The lowest BCUT2D eigenvalue weighted by Crippen LogP contribution is -2.53. The van der Waals surface area contributed by atoms with Gasteiger partial charge in [-0.05, 0) is 69.3 Å². The van der Waals surface area contributed by atoms with Crippen molar-refractivity contribution in [2.24, 2.45) is 11.3 Å². The van der Waals surface area contributed by atoms with Gasteiger partial charge in [0.05, 0.1) is 0 Å². The molecular formula is C17H25NO2. The topological polar surface area (TPSA) is 41.5 Å². The first-order valence-corrected chi connectivity index (χ1v) is 7.76. The maximum atomic E-state index is 10.0. The molecule has 0 unspecified atom stereocenters. The van der Waals surface area contributed by atoms with E-state index >= 15 is 0 Å². The Labute approximate surface area is 121 Å². The summed E-state index contributed by atoms with van der Waals surface area (Å²) in [5, 5.41) is 13.5. The fourth-order valence-corrected chi connectivity index (χ4v) is 3.87. The van der Waals surface area contributed by atoms with Crippen molar-refractivity contribution in [1.82, 2.24) is 5.32 Å². The van der Waals surface area contributed by atoms with Crippen molar-refractivity contribution in [2.45, 2.75) is 45.6 Å². The van der Waals surface area contributed by atoms with Crippen LogP contribution in [-0.2, 0) is 0 Å². The fraction of sp³-hybridized carbons (Fsp3) is 0.647. The number of benzene rings is 1. The number of fused-ring (bicyclic) bond motifs is 1. The van der Waals surface area contributed by atoms with E-state index in [0.717, 1.165) is 31.5 Å². The Bertz CT molecular complexity index is 486. The van der Waals surface area contributed by atoms with E-state index in [1.54, 1.807) is 6.07 Å². The molecule has 1 aliphatic heterocycles. The smallest absolute Gasteiger partial charge is 0.161 e. The first kappa shape index (κ1) is 13.7. The highest BCUT2D eigenvalue weighted by atomic mass is 16.5. The number of ether oxygens (including phenoxy) is 1. The molecule has 1 saturated heterocycles. The van der Waals surface area contributed by atoms with Gasteiger partial charge >= 0.3 is 0 Å². The molecule has 1 aromatic carbocycles. The zero-order valence-electron chi connectivity index (χ0n) is 12.5. The van der Waals surface area contributed by atoms with Crippen LogP contribution in [0.2, 0.25) is 0 Å². The number of rotatable bonds is 2. The van der Waals surface area contributed by atoms with Crippen molar-refractivity contribution in [3.8, 4) is 11.5 Å². The van der Waals surface area contributed by atoms with E-state index in [1.165, 1.54) is 12.8 Å². The fourth-order valence-electron chi connectivity index (χ4n) is 3.87. The van der Waals surface area contributed by atoms with Crippen molar-refractivity contribution in [3.05, 3.63) is 23.8 Å². The van der Waals surface area contributed by atoms with Crippen LogP contribution in [0.15, 0.2) is 18.2 Å². The second kappa shape index (κ2) is 5.28. The zero-order valence-corrected chi connectivity index (χ0v) is 12.5. The van der Waals surface area contributed by atoms with E-state index in [0.29, 0.717) is 11.7 Å². The maximum absolute atomic E-state index is 10.0. The molecule has 3 nitrogen and oxygen atoms in total. The molecule has 1 aliphatic carbocycles. The normalized spacial score (nSPS) is 33.5. The van der Waals surface area contributed by atoms with Gasteiger partial charge in [0, 0.05) is 5.41 Å². The van der Waals surface area contributed by atoms with Gasteiger partial charge in [0.25, 0.3) is 0 Å². The maximum Gasteiger partial charge on any atom is 0.161 e. The Morgan fingerprint density at radius 3 is 3.05 bits per heavy atom. The highest BCUT2D eigenvalue weighted by molar-refractivity contribution is 5.41. The number of aromatic hydroxyl groups is 1. The highest BCUT2D eigenvalue weighted by Crippen LogP contribution is 2.47. The second-order valence-electron chi connectivity index (χ2n) is 6.67. The Morgan fingerprint density at radius 1 is 1.35 bits per heavy atom. The van der Waals surface area contributed by atoms with Gasteiger partial charge in [-0.3, -0.25) is 0 Å².